The lowest BCUT2D eigenvalue weighted by atomic mass is 9.81. The van der Waals surface area contributed by atoms with Gasteiger partial charge in [0.25, 0.3) is 0 Å². The van der Waals surface area contributed by atoms with E-state index in [1.165, 1.54) is 0 Å². The molecular weight excluding hydrogens is 1370 g/mol. The Morgan fingerprint density at radius 2 is 0.822 bits per heavy atom. The zero-order valence-electron chi connectivity index (χ0n) is 64.5. The predicted octanol–water partition coefficient (Wildman–Crippen LogP) is 12.0. The number of hydrogen-bond donors (Lipinski definition) is 2. The molecule has 31 atom stereocenters. The van der Waals surface area contributed by atoms with E-state index in [4.69, 9.17) is 85.3 Å². The minimum absolute atomic E-state index is 0.00544. The number of fused-ring (bicyclic) bond motifs is 1. The number of aliphatic hydroxyl groups excluding tert-OH is 2. The Hall–Kier alpha value is -5.68. The van der Waals surface area contributed by atoms with Gasteiger partial charge in [-0.15, -0.1) is 0 Å². The number of carbonyl (C=O) groups is 2. The van der Waals surface area contributed by atoms with Crippen LogP contribution in [0.4, 0.5) is 0 Å². The third kappa shape index (κ3) is 20.2. The van der Waals surface area contributed by atoms with Crippen molar-refractivity contribution in [3.8, 4) is 0 Å². The van der Waals surface area contributed by atoms with Crippen LogP contribution in [0.5, 0.6) is 0 Å². The molecule has 7 aliphatic rings. The van der Waals surface area contributed by atoms with E-state index in [1.807, 2.05) is 124 Å². The second kappa shape index (κ2) is 39.0. The maximum Gasteiger partial charge on any atom is 0.338 e. The molecule has 7 heterocycles. The quantitative estimate of drug-likeness (QED) is 0.0489. The standard InChI is InChI=1S/C52H62O12.C33H54O10/c1-31-32(2)44(41(58-36(31)6)28-55-27-37-19-11-7-12-20-37)64-52-47(61-49(54)39-23-15-9-16-24-39)35(5)46(42(60-52)29-56-48(53)38-21-13-8-14-22-38)62-50-34(4)33(3)45-43(59-50)30-57-51(63-45)40-25-17-10-18-26-40;1-18-20(3)29(27(39-23(18)6)17-38-15-24-12-10-9-11-13-24)43-33-31(37-8)22(5)30(26(41-33)16-36-7)42-32-21(4)19(2)28(35)25(14-34)40-32/h7-26,31-36,41-47,50-52H,27-30H2,1-6H3;9-13,18-23,25-35H,14-17H2,1-8H3/t31?,32-,33?,34?,35?,36+,41?,42+,43+,44+,45+,46+,47?,50-,51?,52+;18?,19?,20-,21?,22?,23+,25+,26+,27?,28+,29+,30+,31?,32-,33+/m11/s1. The van der Waals surface area contributed by atoms with Gasteiger partial charge in [-0.1, -0.05) is 197 Å². The molecule has 0 aliphatic carbocycles. The summed E-state index contributed by atoms with van der Waals surface area (Å²) in [4.78, 5) is 27.5. The maximum atomic E-state index is 14.0. The second-order valence-corrected chi connectivity index (χ2v) is 30.6. The van der Waals surface area contributed by atoms with Crippen molar-refractivity contribution in [2.75, 3.05) is 53.9 Å². The molecule has 107 heavy (non-hydrogen) atoms. The molecule has 7 saturated heterocycles. The van der Waals surface area contributed by atoms with Crippen molar-refractivity contribution in [2.45, 2.75) is 225 Å². The Balaban J connectivity index is 0.000000231. The average Bonchev–Trinajstić information content (AvgIpc) is 0.772. The van der Waals surface area contributed by atoms with E-state index < -0.39 is 116 Å². The van der Waals surface area contributed by atoms with E-state index in [1.54, 1.807) is 62.8 Å². The van der Waals surface area contributed by atoms with Gasteiger partial charge in [0, 0.05) is 43.5 Å². The van der Waals surface area contributed by atoms with Crippen LogP contribution in [0.1, 0.15) is 127 Å². The number of methoxy groups -OCH3 is 2. The number of aliphatic hydroxyl groups is 2. The minimum Gasteiger partial charge on any atom is -0.459 e. The highest BCUT2D eigenvalue weighted by atomic mass is 16.8. The van der Waals surface area contributed by atoms with Gasteiger partial charge in [-0.05, 0) is 84.7 Å². The number of esters is 2. The van der Waals surface area contributed by atoms with Gasteiger partial charge in [0.2, 0.25) is 0 Å². The molecule has 2 N–H and O–H groups in total. The van der Waals surface area contributed by atoms with Crippen LogP contribution in [0.3, 0.4) is 0 Å². The summed E-state index contributed by atoms with van der Waals surface area (Å²) in [6.45, 7) is 26.6. The molecule has 7 aliphatic heterocycles. The van der Waals surface area contributed by atoms with Gasteiger partial charge in [0.05, 0.1) is 106 Å². The SMILES string of the molecule is CC1C(C)[C@@H]2OC(c3ccccc3)OC[C@@H]2O[C@@H]1O[C@H]1C(C)C(OC(=O)c2ccccc2)[C@H](O[C@@H]2C(COCc3ccccc3)O[C@@H](C)C(C)[C@H]2C)O[C@H]1COC(=O)c1ccccc1.COC[C@@H]1O[C@@H](O[C@@H]2C(COCc3ccccc3)O[C@@H](C)C(C)[C@H]2C)C(OC)C(C)[C@@H]1O[C@H]1O[C@@H](CO)[C@@H](O)C(C)C1C. The average molecular weight is 1490 g/mol. The van der Waals surface area contributed by atoms with E-state index in [0.717, 1.165) is 16.7 Å². The van der Waals surface area contributed by atoms with E-state index in [-0.39, 0.29) is 110 Å². The fourth-order valence-corrected chi connectivity index (χ4v) is 16.0. The van der Waals surface area contributed by atoms with E-state index >= 15 is 0 Å². The lowest BCUT2D eigenvalue weighted by molar-refractivity contribution is -0.373. The first-order chi connectivity index (χ1) is 51.7. The van der Waals surface area contributed by atoms with Crippen LogP contribution in [-0.2, 0) is 98.5 Å². The molecule has 22 heteroatoms. The summed E-state index contributed by atoms with van der Waals surface area (Å²) in [6.07, 6.45) is -11.4. The zero-order valence-corrected chi connectivity index (χ0v) is 64.5. The molecule has 0 saturated carbocycles. The summed E-state index contributed by atoms with van der Waals surface area (Å²) in [5, 5.41) is 20.3. The lowest BCUT2D eigenvalue weighted by Gasteiger charge is -2.51. The van der Waals surface area contributed by atoms with Crippen molar-refractivity contribution >= 4 is 11.9 Å². The van der Waals surface area contributed by atoms with Crippen molar-refractivity contribution in [1.29, 1.82) is 0 Å². The first-order valence-corrected chi connectivity index (χ1v) is 38.5. The van der Waals surface area contributed by atoms with Crippen LogP contribution in [0.25, 0.3) is 0 Å². The monoisotopic (exact) mass is 1490 g/mol. The predicted molar refractivity (Wildman–Crippen MR) is 395 cm³/mol. The molecule has 12 rings (SSSR count). The molecule has 0 radical (unpaired) electrons. The number of benzene rings is 5. The van der Waals surface area contributed by atoms with Crippen molar-refractivity contribution in [3.63, 3.8) is 0 Å². The van der Waals surface area contributed by atoms with Crippen LogP contribution < -0.4 is 0 Å². The highest BCUT2D eigenvalue weighted by molar-refractivity contribution is 5.90. The fraction of sp³-hybridized carbons (Fsp3) is 0.624. The Kier molecular flexibility index (Phi) is 30.0. The van der Waals surface area contributed by atoms with Gasteiger partial charge >= 0.3 is 11.9 Å². The third-order valence-electron chi connectivity index (χ3n) is 23.7. The van der Waals surface area contributed by atoms with Gasteiger partial charge < -0.3 is 95.5 Å². The molecule has 7 fully saturated rings. The second-order valence-electron chi connectivity index (χ2n) is 30.6. The molecule has 0 aromatic heterocycles. The van der Waals surface area contributed by atoms with Crippen LogP contribution in [0.15, 0.2) is 152 Å². The van der Waals surface area contributed by atoms with Crippen molar-refractivity contribution in [3.05, 3.63) is 179 Å². The van der Waals surface area contributed by atoms with E-state index in [2.05, 4.69) is 62.3 Å². The summed E-state index contributed by atoms with van der Waals surface area (Å²) in [5.74, 6) is -1.56. The molecule has 5 aromatic carbocycles. The first-order valence-electron chi connectivity index (χ1n) is 38.5. The summed E-state index contributed by atoms with van der Waals surface area (Å²) in [7, 11) is 3.28. The number of hydrogen-bond acceptors (Lipinski definition) is 22. The first kappa shape index (κ1) is 82.3. The lowest BCUT2D eigenvalue weighted by Crippen LogP contribution is -2.62. The summed E-state index contributed by atoms with van der Waals surface area (Å²) in [6, 6.07) is 47.6. The summed E-state index contributed by atoms with van der Waals surface area (Å²) < 4.78 is 116. The third-order valence-corrected chi connectivity index (χ3v) is 23.7. The topological polar surface area (TPSA) is 241 Å². The van der Waals surface area contributed by atoms with Crippen LogP contribution >= 0.6 is 0 Å². The summed E-state index contributed by atoms with van der Waals surface area (Å²) in [5.41, 5.74) is 3.87. The minimum atomic E-state index is -1.11. The van der Waals surface area contributed by atoms with E-state index in [9.17, 15) is 19.8 Å². The highest BCUT2D eigenvalue weighted by Gasteiger charge is 2.56. The normalized spacial score (nSPS) is 38.7. The van der Waals surface area contributed by atoms with Gasteiger partial charge in [0.15, 0.2) is 37.6 Å². The largest absolute Gasteiger partial charge is 0.459 e. The van der Waals surface area contributed by atoms with Gasteiger partial charge in [-0.2, -0.15) is 0 Å². The van der Waals surface area contributed by atoms with Gasteiger partial charge in [-0.25, -0.2) is 9.59 Å². The number of carbonyl (C=O) groups excluding carboxylic acids is 2. The zero-order chi connectivity index (χ0) is 76.0. The van der Waals surface area contributed by atoms with Gasteiger partial charge in [0.1, 0.15) is 49.3 Å². The van der Waals surface area contributed by atoms with Gasteiger partial charge in [-0.3, -0.25) is 0 Å². The Morgan fingerprint density at radius 3 is 1.33 bits per heavy atom. The molecular formula is C85H116O22. The molecule has 13 unspecified atom stereocenters. The van der Waals surface area contributed by atoms with Crippen molar-refractivity contribution in [1.82, 2.24) is 0 Å². The van der Waals surface area contributed by atoms with Crippen molar-refractivity contribution in [2.24, 2.45) is 59.2 Å². The van der Waals surface area contributed by atoms with Crippen LogP contribution in [0, 0.1) is 59.2 Å². The fourth-order valence-electron chi connectivity index (χ4n) is 16.0. The molecule has 5 aromatic rings. The molecule has 588 valence electrons. The van der Waals surface area contributed by atoms with Crippen LogP contribution in [0.2, 0.25) is 0 Å². The Bertz CT molecular complexity index is 3430. The molecule has 0 amide bonds. The summed E-state index contributed by atoms with van der Waals surface area (Å²) >= 11 is 0. The highest BCUT2D eigenvalue weighted by Crippen LogP contribution is 2.45. The maximum absolute atomic E-state index is 14.0. The molecule has 0 spiro atoms. The van der Waals surface area contributed by atoms with E-state index in [0.29, 0.717) is 37.6 Å². The molecule has 0 bridgehead atoms. The van der Waals surface area contributed by atoms with Crippen LogP contribution in [-0.4, -0.2) is 199 Å². The Labute approximate surface area is 632 Å². The number of ether oxygens (including phenoxy) is 18. The smallest absolute Gasteiger partial charge is 0.338 e. The number of rotatable bonds is 26. The molecule has 22 nitrogen and oxygen atoms in total. The Morgan fingerprint density at radius 1 is 0.402 bits per heavy atom. The van der Waals surface area contributed by atoms with Crippen molar-refractivity contribution < 1.29 is 105 Å².